The molecule has 0 saturated carbocycles. The van der Waals surface area contributed by atoms with Gasteiger partial charge in [0.2, 0.25) is 5.60 Å². The Bertz CT molecular complexity index is 586. The molecule has 0 saturated heterocycles. The van der Waals surface area contributed by atoms with Gasteiger partial charge in [-0.05, 0) is 11.1 Å². The molecule has 0 bridgehead atoms. The molecule has 0 aliphatic heterocycles. The quantitative estimate of drug-likeness (QED) is 0.877. The number of rotatable bonds is 2. The smallest absolute Gasteiger partial charge is 0.345 e. The van der Waals surface area contributed by atoms with E-state index >= 15 is 0 Å². The Hall–Kier alpha value is -2.13. The molecule has 0 fully saturated rings. The second kappa shape index (κ2) is 3.68. The van der Waals surface area contributed by atoms with Crippen LogP contribution in [0.25, 0.3) is 11.1 Å². The van der Waals surface area contributed by atoms with Crippen molar-refractivity contribution in [1.29, 1.82) is 0 Å². The summed E-state index contributed by atoms with van der Waals surface area (Å²) in [7, 11) is 1.44. The molecule has 2 aromatic carbocycles. The minimum absolute atomic E-state index is 0.696. The molecule has 90 valence electrons. The summed E-state index contributed by atoms with van der Waals surface area (Å²) in [5.74, 6) is -0.984. The molecule has 0 radical (unpaired) electrons. The molecule has 3 heteroatoms. The van der Waals surface area contributed by atoms with Gasteiger partial charge in [-0.3, -0.25) is 0 Å². The number of carboxylic acids is 1. The van der Waals surface area contributed by atoms with Gasteiger partial charge in [0.25, 0.3) is 0 Å². The van der Waals surface area contributed by atoms with E-state index < -0.39 is 11.6 Å². The van der Waals surface area contributed by atoms with Gasteiger partial charge < -0.3 is 9.84 Å². The van der Waals surface area contributed by atoms with Gasteiger partial charge in [0, 0.05) is 18.2 Å². The number of aliphatic carboxylic acids is 1. The zero-order chi connectivity index (χ0) is 12.8. The van der Waals surface area contributed by atoms with Crippen LogP contribution in [-0.4, -0.2) is 18.2 Å². The first-order valence-electron chi connectivity index (χ1n) is 5.69. The van der Waals surface area contributed by atoms with Crippen LogP contribution in [0.4, 0.5) is 0 Å². The van der Waals surface area contributed by atoms with Crippen LogP contribution in [-0.2, 0) is 15.1 Å². The van der Waals surface area contributed by atoms with Crippen molar-refractivity contribution in [3.05, 3.63) is 59.7 Å². The largest absolute Gasteiger partial charge is 0.479 e. The number of carbonyl (C=O) groups is 1. The van der Waals surface area contributed by atoms with Crippen molar-refractivity contribution in [2.24, 2.45) is 0 Å². The fourth-order valence-electron chi connectivity index (χ4n) is 2.73. The molecular formula is C15H12O3. The summed E-state index contributed by atoms with van der Waals surface area (Å²) in [6.45, 7) is 0. The van der Waals surface area contributed by atoms with Crippen molar-refractivity contribution < 1.29 is 14.6 Å². The van der Waals surface area contributed by atoms with Gasteiger partial charge >= 0.3 is 5.97 Å². The van der Waals surface area contributed by atoms with Crippen LogP contribution < -0.4 is 0 Å². The van der Waals surface area contributed by atoms with E-state index in [-0.39, 0.29) is 0 Å². The minimum Gasteiger partial charge on any atom is -0.479 e. The molecule has 3 rings (SSSR count). The average molecular weight is 240 g/mol. The van der Waals surface area contributed by atoms with Crippen LogP contribution in [0, 0.1) is 0 Å². The lowest BCUT2D eigenvalue weighted by Crippen LogP contribution is -2.37. The third-order valence-corrected chi connectivity index (χ3v) is 3.51. The number of fused-ring (bicyclic) bond motifs is 3. The van der Waals surface area contributed by atoms with Crippen molar-refractivity contribution in [3.8, 4) is 11.1 Å². The highest BCUT2D eigenvalue weighted by atomic mass is 16.5. The molecule has 1 aliphatic rings. The Balaban J connectivity index is 2.43. The molecule has 1 aliphatic carbocycles. The summed E-state index contributed by atoms with van der Waals surface area (Å²) >= 11 is 0. The van der Waals surface area contributed by atoms with E-state index in [0.717, 1.165) is 11.1 Å². The number of carboxylic acid groups (broad SMARTS) is 1. The van der Waals surface area contributed by atoms with Gasteiger partial charge in [-0.15, -0.1) is 0 Å². The highest BCUT2D eigenvalue weighted by molar-refractivity contribution is 5.95. The van der Waals surface area contributed by atoms with E-state index in [1.807, 2.05) is 48.5 Å². The molecular weight excluding hydrogens is 228 g/mol. The van der Waals surface area contributed by atoms with Gasteiger partial charge in [-0.1, -0.05) is 48.5 Å². The molecule has 0 heterocycles. The van der Waals surface area contributed by atoms with Crippen molar-refractivity contribution in [3.63, 3.8) is 0 Å². The fraction of sp³-hybridized carbons (Fsp3) is 0.133. The number of hydrogen-bond acceptors (Lipinski definition) is 2. The lowest BCUT2D eigenvalue weighted by atomic mass is 9.91. The molecule has 0 spiro atoms. The number of methoxy groups -OCH3 is 1. The number of ether oxygens (including phenoxy) is 1. The third-order valence-electron chi connectivity index (χ3n) is 3.51. The molecule has 0 unspecified atom stereocenters. The van der Waals surface area contributed by atoms with Crippen molar-refractivity contribution in [1.82, 2.24) is 0 Å². The van der Waals surface area contributed by atoms with Crippen LogP contribution in [0.2, 0.25) is 0 Å². The van der Waals surface area contributed by atoms with E-state index in [1.165, 1.54) is 7.11 Å². The van der Waals surface area contributed by atoms with Crippen molar-refractivity contribution >= 4 is 5.97 Å². The minimum atomic E-state index is -1.38. The molecule has 2 aromatic rings. The molecule has 0 aromatic heterocycles. The Morgan fingerprint density at radius 2 is 1.44 bits per heavy atom. The first-order valence-corrected chi connectivity index (χ1v) is 5.69. The van der Waals surface area contributed by atoms with Crippen molar-refractivity contribution in [2.45, 2.75) is 5.60 Å². The van der Waals surface area contributed by atoms with Gasteiger partial charge in [-0.2, -0.15) is 0 Å². The molecule has 0 amide bonds. The van der Waals surface area contributed by atoms with Gasteiger partial charge in [-0.25, -0.2) is 4.79 Å². The van der Waals surface area contributed by atoms with Crippen LogP contribution in [0.5, 0.6) is 0 Å². The third kappa shape index (κ3) is 1.14. The van der Waals surface area contributed by atoms with Gasteiger partial charge in [0.05, 0.1) is 0 Å². The van der Waals surface area contributed by atoms with Gasteiger partial charge in [0.15, 0.2) is 0 Å². The summed E-state index contributed by atoms with van der Waals surface area (Å²) in [5.41, 5.74) is 1.87. The second-order valence-corrected chi connectivity index (χ2v) is 4.28. The summed E-state index contributed by atoms with van der Waals surface area (Å²) in [4.78, 5) is 11.8. The molecule has 0 atom stereocenters. The maximum absolute atomic E-state index is 11.8. The second-order valence-electron chi connectivity index (χ2n) is 4.28. The zero-order valence-corrected chi connectivity index (χ0v) is 9.88. The maximum Gasteiger partial charge on any atom is 0.345 e. The fourth-order valence-corrected chi connectivity index (χ4v) is 2.73. The van der Waals surface area contributed by atoms with Crippen LogP contribution in [0.1, 0.15) is 11.1 Å². The monoisotopic (exact) mass is 240 g/mol. The SMILES string of the molecule is COC1(C(=O)O)c2ccccc2-c2ccccc21. The zero-order valence-electron chi connectivity index (χ0n) is 9.88. The van der Waals surface area contributed by atoms with E-state index in [9.17, 15) is 9.90 Å². The highest BCUT2D eigenvalue weighted by Gasteiger charge is 2.49. The maximum atomic E-state index is 11.8. The molecule has 18 heavy (non-hydrogen) atoms. The topological polar surface area (TPSA) is 46.5 Å². The van der Waals surface area contributed by atoms with Gasteiger partial charge in [0.1, 0.15) is 0 Å². The van der Waals surface area contributed by atoms with Crippen LogP contribution in [0.3, 0.4) is 0 Å². The van der Waals surface area contributed by atoms with E-state index in [2.05, 4.69) is 0 Å². The normalized spacial score (nSPS) is 14.9. The van der Waals surface area contributed by atoms with E-state index in [1.54, 1.807) is 0 Å². The highest BCUT2D eigenvalue weighted by Crippen LogP contribution is 2.49. The average Bonchev–Trinajstić information content (AvgIpc) is 2.70. The van der Waals surface area contributed by atoms with Crippen molar-refractivity contribution in [2.75, 3.05) is 7.11 Å². The Labute approximate surface area is 105 Å². The standard InChI is InChI=1S/C15H12O3/c1-18-15(14(16)17)12-8-4-2-6-10(12)11-7-3-5-9-13(11)15/h2-9H,1H3,(H,16,17). The predicted molar refractivity (Wildman–Crippen MR) is 67.3 cm³/mol. The Morgan fingerprint density at radius 3 is 1.83 bits per heavy atom. The summed E-state index contributed by atoms with van der Waals surface area (Å²) in [6, 6.07) is 15.0. The first-order chi connectivity index (χ1) is 8.71. The Kier molecular flexibility index (Phi) is 2.25. The first kappa shape index (κ1) is 11.0. The van der Waals surface area contributed by atoms with E-state index in [0.29, 0.717) is 11.1 Å². The summed E-state index contributed by atoms with van der Waals surface area (Å²) < 4.78 is 5.41. The lowest BCUT2D eigenvalue weighted by Gasteiger charge is -2.25. The summed E-state index contributed by atoms with van der Waals surface area (Å²) in [5, 5.41) is 9.63. The number of hydrogen-bond donors (Lipinski definition) is 1. The Morgan fingerprint density at radius 1 is 1.00 bits per heavy atom. The number of benzene rings is 2. The molecule has 3 nitrogen and oxygen atoms in total. The van der Waals surface area contributed by atoms with E-state index in [4.69, 9.17) is 4.74 Å². The lowest BCUT2D eigenvalue weighted by molar-refractivity contribution is -0.157. The van der Waals surface area contributed by atoms with Crippen LogP contribution in [0.15, 0.2) is 48.5 Å². The summed E-state index contributed by atoms with van der Waals surface area (Å²) in [6.07, 6.45) is 0. The predicted octanol–water partition coefficient (Wildman–Crippen LogP) is 2.64. The molecule has 1 N–H and O–H groups in total. The van der Waals surface area contributed by atoms with Crippen LogP contribution >= 0.6 is 0 Å².